The highest BCUT2D eigenvalue weighted by Crippen LogP contribution is 2.27. The third-order valence-electron chi connectivity index (χ3n) is 7.32. The van der Waals surface area contributed by atoms with E-state index in [2.05, 4.69) is 35.4 Å². The smallest absolute Gasteiger partial charge is 0.307 e. The molecule has 3 aromatic heterocycles. The van der Waals surface area contributed by atoms with Gasteiger partial charge in [0, 0.05) is 31.5 Å². The molecule has 0 spiro atoms. The molecular formula is C25H32N6O2. The van der Waals surface area contributed by atoms with Crippen LogP contribution in [0, 0.1) is 13.8 Å². The van der Waals surface area contributed by atoms with Crippen molar-refractivity contribution in [2.24, 2.45) is 7.05 Å². The highest BCUT2D eigenvalue weighted by molar-refractivity contribution is 5.76. The maximum absolute atomic E-state index is 13.6. The largest absolute Gasteiger partial charge is 0.332 e. The van der Waals surface area contributed by atoms with E-state index in [1.165, 1.54) is 28.4 Å². The Morgan fingerprint density at radius 3 is 2.36 bits per heavy atom. The summed E-state index contributed by atoms with van der Waals surface area (Å²) in [5, 5.41) is 0. The number of hydrogen-bond donors (Lipinski definition) is 0. The van der Waals surface area contributed by atoms with Gasteiger partial charge in [-0.2, -0.15) is 4.98 Å². The Morgan fingerprint density at radius 1 is 0.970 bits per heavy atom. The van der Waals surface area contributed by atoms with Crippen molar-refractivity contribution in [3.63, 3.8) is 0 Å². The zero-order valence-corrected chi connectivity index (χ0v) is 19.9. The molecule has 1 aliphatic rings. The van der Waals surface area contributed by atoms with E-state index in [1.54, 1.807) is 7.05 Å². The second kappa shape index (κ2) is 8.33. The minimum Gasteiger partial charge on any atom is -0.307 e. The first-order chi connectivity index (χ1) is 15.9. The fourth-order valence-corrected chi connectivity index (χ4v) is 5.24. The van der Waals surface area contributed by atoms with Crippen LogP contribution in [0.25, 0.3) is 16.9 Å². The van der Waals surface area contributed by atoms with Crippen LogP contribution in [0.2, 0.25) is 0 Å². The van der Waals surface area contributed by atoms with Crippen LogP contribution in [0.3, 0.4) is 0 Å². The second-order valence-electron chi connectivity index (χ2n) is 9.25. The number of imidazole rings is 2. The molecule has 1 aliphatic heterocycles. The lowest BCUT2D eigenvalue weighted by molar-refractivity contribution is 0.218. The molecule has 0 N–H and O–H groups in total. The standard InChI is InChI=1S/C25H32N6O2/c1-17-18(2)31-21-22(26-24(31)30(17)19(3)20-11-7-5-8-12-20)27(4)25(33)29(23(21)32)16-15-28-13-9-6-10-14-28/h5,7-8,11-12,19H,6,9-10,13-16H2,1-4H3/t19-/m0/s1. The maximum atomic E-state index is 13.6. The third kappa shape index (κ3) is 3.44. The Balaban J connectivity index is 1.67. The molecule has 1 fully saturated rings. The van der Waals surface area contributed by atoms with Gasteiger partial charge in [0.05, 0.1) is 6.04 Å². The summed E-state index contributed by atoms with van der Waals surface area (Å²) >= 11 is 0. The summed E-state index contributed by atoms with van der Waals surface area (Å²) in [6, 6.07) is 10.3. The first-order valence-corrected chi connectivity index (χ1v) is 11.9. The Morgan fingerprint density at radius 2 is 1.67 bits per heavy atom. The van der Waals surface area contributed by atoms with E-state index in [9.17, 15) is 9.59 Å². The molecule has 1 atom stereocenters. The van der Waals surface area contributed by atoms with Gasteiger partial charge in [0.25, 0.3) is 5.56 Å². The topological polar surface area (TPSA) is 69.5 Å². The van der Waals surface area contributed by atoms with Crippen LogP contribution in [0.5, 0.6) is 0 Å². The minimum atomic E-state index is -0.303. The average Bonchev–Trinajstić information content (AvgIpc) is 3.33. The van der Waals surface area contributed by atoms with Crippen LogP contribution < -0.4 is 11.2 Å². The average molecular weight is 449 g/mol. The highest BCUT2D eigenvalue weighted by atomic mass is 16.2. The fourth-order valence-electron chi connectivity index (χ4n) is 5.24. The molecule has 0 bridgehead atoms. The van der Waals surface area contributed by atoms with Crippen LogP contribution in [0.15, 0.2) is 39.9 Å². The van der Waals surface area contributed by atoms with E-state index in [4.69, 9.17) is 4.98 Å². The Bertz CT molecular complexity index is 1430. The summed E-state index contributed by atoms with van der Waals surface area (Å²) in [7, 11) is 1.71. The van der Waals surface area contributed by atoms with Gasteiger partial charge in [-0.15, -0.1) is 0 Å². The maximum Gasteiger partial charge on any atom is 0.332 e. The number of piperidine rings is 1. The third-order valence-corrected chi connectivity index (χ3v) is 7.32. The number of hydrogen-bond acceptors (Lipinski definition) is 4. The molecule has 33 heavy (non-hydrogen) atoms. The van der Waals surface area contributed by atoms with Crippen LogP contribution in [-0.2, 0) is 13.6 Å². The molecule has 0 unspecified atom stereocenters. The van der Waals surface area contributed by atoms with Crippen molar-refractivity contribution in [2.75, 3.05) is 19.6 Å². The zero-order chi connectivity index (χ0) is 23.3. The number of aryl methyl sites for hydroxylation is 2. The molecule has 174 valence electrons. The van der Waals surface area contributed by atoms with E-state index in [1.807, 2.05) is 29.5 Å². The molecule has 0 radical (unpaired) electrons. The van der Waals surface area contributed by atoms with Crippen LogP contribution in [-0.4, -0.2) is 47.6 Å². The van der Waals surface area contributed by atoms with Gasteiger partial charge in [-0.3, -0.25) is 18.3 Å². The van der Waals surface area contributed by atoms with Gasteiger partial charge in [0.2, 0.25) is 5.78 Å². The van der Waals surface area contributed by atoms with Gasteiger partial charge in [0.15, 0.2) is 11.2 Å². The molecule has 5 rings (SSSR count). The zero-order valence-electron chi connectivity index (χ0n) is 19.9. The molecule has 0 amide bonds. The summed E-state index contributed by atoms with van der Waals surface area (Å²) in [5.74, 6) is 0.692. The van der Waals surface area contributed by atoms with Crippen molar-refractivity contribution in [1.29, 1.82) is 0 Å². The lowest BCUT2D eigenvalue weighted by Gasteiger charge is -2.26. The molecule has 8 nitrogen and oxygen atoms in total. The quantitative estimate of drug-likeness (QED) is 0.471. The Kier molecular flexibility index (Phi) is 5.48. The van der Waals surface area contributed by atoms with Crippen molar-refractivity contribution in [1.82, 2.24) is 28.0 Å². The van der Waals surface area contributed by atoms with E-state index in [0.29, 0.717) is 30.0 Å². The van der Waals surface area contributed by atoms with E-state index in [0.717, 1.165) is 30.0 Å². The number of likely N-dealkylation sites (tertiary alicyclic amines) is 1. The summed E-state index contributed by atoms with van der Waals surface area (Å²) in [6.07, 6.45) is 3.62. The second-order valence-corrected chi connectivity index (χ2v) is 9.25. The first kappa shape index (κ1) is 21.7. The normalized spacial score (nSPS) is 16.1. The molecule has 8 heteroatoms. The number of aromatic nitrogens is 5. The van der Waals surface area contributed by atoms with Gasteiger partial charge < -0.3 is 9.47 Å². The highest BCUT2D eigenvalue weighted by Gasteiger charge is 2.25. The monoisotopic (exact) mass is 448 g/mol. The molecule has 4 aromatic rings. The van der Waals surface area contributed by atoms with Crippen molar-refractivity contribution < 1.29 is 0 Å². The SMILES string of the molecule is Cc1c(C)n2c3c(=O)n(CCN4CCCCC4)c(=O)n(C)c3nc2n1[C@@H](C)c1ccccc1. The van der Waals surface area contributed by atoms with Crippen molar-refractivity contribution in [2.45, 2.75) is 52.6 Å². The van der Waals surface area contributed by atoms with Gasteiger partial charge >= 0.3 is 5.69 Å². The van der Waals surface area contributed by atoms with Crippen molar-refractivity contribution in [3.8, 4) is 0 Å². The lowest BCUT2D eigenvalue weighted by atomic mass is 10.1. The van der Waals surface area contributed by atoms with Gasteiger partial charge in [-0.25, -0.2) is 4.79 Å². The lowest BCUT2D eigenvalue weighted by Crippen LogP contribution is -2.43. The van der Waals surface area contributed by atoms with E-state index >= 15 is 0 Å². The molecule has 4 heterocycles. The summed E-state index contributed by atoms with van der Waals surface area (Å²) in [5.41, 5.74) is 3.54. The predicted octanol–water partition coefficient (Wildman–Crippen LogP) is 2.86. The van der Waals surface area contributed by atoms with Crippen molar-refractivity contribution >= 4 is 16.9 Å². The molecule has 1 aromatic carbocycles. The summed E-state index contributed by atoms with van der Waals surface area (Å²) in [6.45, 7) is 9.39. The first-order valence-electron chi connectivity index (χ1n) is 11.9. The fraction of sp³-hybridized carbons (Fsp3) is 0.480. The van der Waals surface area contributed by atoms with E-state index in [-0.39, 0.29) is 17.3 Å². The molecule has 0 aliphatic carbocycles. The van der Waals surface area contributed by atoms with Gasteiger partial charge in [-0.1, -0.05) is 36.8 Å². The van der Waals surface area contributed by atoms with Gasteiger partial charge in [0.1, 0.15) is 0 Å². The minimum absolute atomic E-state index is 0.0394. The Hall–Kier alpha value is -3.13. The molecule has 0 saturated carbocycles. The van der Waals surface area contributed by atoms with Crippen LogP contribution in [0.1, 0.15) is 49.2 Å². The summed E-state index contributed by atoms with van der Waals surface area (Å²) in [4.78, 5) is 33.9. The van der Waals surface area contributed by atoms with Gasteiger partial charge in [-0.05, 0) is 52.3 Å². The number of nitrogens with zero attached hydrogens (tertiary/aromatic N) is 6. The molecular weight excluding hydrogens is 416 g/mol. The number of rotatable bonds is 5. The van der Waals surface area contributed by atoms with Crippen molar-refractivity contribution in [3.05, 3.63) is 68.1 Å². The van der Waals surface area contributed by atoms with E-state index < -0.39 is 0 Å². The number of benzene rings is 1. The molecule has 1 saturated heterocycles. The van der Waals surface area contributed by atoms with Crippen LogP contribution >= 0.6 is 0 Å². The Labute approximate surface area is 192 Å². The van der Waals surface area contributed by atoms with Crippen LogP contribution in [0.4, 0.5) is 0 Å². The number of fused-ring (bicyclic) bond motifs is 3. The summed E-state index contributed by atoms with van der Waals surface area (Å²) < 4.78 is 7.00. The predicted molar refractivity (Wildman–Crippen MR) is 130 cm³/mol.